The predicted molar refractivity (Wildman–Crippen MR) is 103 cm³/mol. The van der Waals surface area contributed by atoms with Gasteiger partial charge in [-0.15, -0.1) is 5.10 Å². The largest absolute Gasteiger partial charge is 0.486 e. The van der Waals surface area contributed by atoms with Gasteiger partial charge in [0.25, 0.3) is 0 Å². The number of sulfone groups is 1. The molecule has 0 aliphatic carbocycles. The SMILES string of the molecule is CS(=O)(=O)c1ccc(CC(=O)Nc2nnc(-c3ccc4c(c3)OCCO4)o2)cc1. The molecule has 0 bridgehead atoms. The van der Waals surface area contributed by atoms with Gasteiger partial charge in [0, 0.05) is 11.8 Å². The number of rotatable bonds is 5. The molecular formula is C19H17N3O6S. The van der Waals surface area contributed by atoms with Crippen LogP contribution in [0.1, 0.15) is 5.56 Å². The van der Waals surface area contributed by atoms with Crippen LogP contribution in [0.2, 0.25) is 0 Å². The fraction of sp³-hybridized carbons (Fsp3) is 0.211. The van der Waals surface area contributed by atoms with Gasteiger partial charge in [0.1, 0.15) is 13.2 Å². The van der Waals surface area contributed by atoms with Crippen LogP contribution in [-0.2, 0) is 21.1 Å². The molecule has 0 atom stereocenters. The van der Waals surface area contributed by atoms with E-state index in [1.54, 1.807) is 30.3 Å². The van der Waals surface area contributed by atoms with Crippen molar-refractivity contribution in [3.05, 3.63) is 48.0 Å². The summed E-state index contributed by atoms with van der Waals surface area (Å²) < 4.78 is 39.5. The van der Waals surface area contributed by atoms with Crippen molar-refractivity contribution >= 4 is 21.8 Å². The van der Waals surface area contributed by atoms with Crippen molar-refractivity contribution in [3.63, 3.8) is 0 Å². The van der Waals surface area contributed by atoms with Gasteiger partial charge in [-0.3, -0.25) is 10.1 Å². The van der Waals surface area contributed by atoms with Gasteiger partial charge >= 0.3 is 6.01 Å². The van der Waals surface area contributed by atoms with Crippen LogP contribution in [0.4, 0.5) is 6.01 Å². The molecule has 1 aromatic heterocycles. The lowest BCUT2D eigenvalue weighted by atomic mass is 10.1. The Balaban J connectivity index is 1.42. The molecule has 0 saturated carbocycles. The second kappa shape index (κ2) is 7.55. The van der Waals surface area contributed by atoms with Crippen molar-refractivity contribution in [2.75, 3.05) is 24.8 Å². The van der Waals surface area contributed by atoms with E-state index in [0.717, 1.165) is 6.26 Å². The third-order valence-corrected chi connectivity index (χ3v) is 5.31. The molecule has 10 heteroatoms. The van der Waals surface area contributed by atoms with Crippen LogP contribution in [0.3, 0.4) is 0 Å². The van der Waals surface area contributed by atoms with Gasteiger partial charge in [0.15, 0.2) is 21.3 Å². The standard InChI is InChI=1S/C19H17N3O6S/c1-29(24,25)14-5-2-12(3-6-14)10-17(23)20-19-22-21-18(28-19)13-4-7-15-16(11-13)27-9-8-26-15/h2-7,11H,8-10H2,1H3,(H,20,22,23). The van der Waals surface area contributed by atoms with Gasteiger partial charge in [0.05, 0.1) is 11.3 Å². The highest BCUT2D eigenvalue weighted by molar-refractivity contribution is 7.90. The molecule has 0 unspecified atom stereocenters. The van der Waals surface area contributed by atoms with E-state index in [1.807, 2.05) is 0 Å². The van der Waals surface area contributed by atoms with Crippen LogP contribution in [-0.4, -0.2) is 44.0 Å². The number of carbonyl (C=O) groups excluding carboxylic acids is 1. The summed E-state index contributed by atoms with van der Waals surface area (Å²) in [6.45, 7) is 0.965. The predicted octanol–water partition coefficient (Wildman–Crippen LogP) is 2.09. The Hall–Kier alpha value is -3.40. The molecule has 0 spiro atoms. The quantitative estimate of drug-likeness (QED) is 0.672. The topological polar surface area (TPSA) is 121 Å². The summed E-state index contributed by atoms with van der Waals surface area (Å²) in [5.41, 5.74) is 1.29. The van der Waals surface area contributed by atoms with E-state index in [9.17, 15) is 13.2 Å². The molecule has 2 heterocycles. The maximum Gasteiger partial charge on any atom is 0.322 e. The maximum atomic E-state index is 12.2. The zero-order chi connectivity index (χ0) is 20.4. The highest BCUT2D eigenvalue weighted by Crippen LogP contribution is 2.34. The molecule has 1 aliphatic heterocycles. The molecule has 0 radical (unpaired) electrons. The highest BCUT2D eigenvalue weighted by Gasteiger charge is 2.16. The first-order valence-corrected chi connectivity index (χ1v) is 10.6. The van der Waals surface area contributed by atoms with Crippen molar-refractivity contribution < 1.29 is 27.1 Å². The summed E-state index contributed by atoms with van der Waals surface area (Å²) in [6, 6.07) is 11.3. The van der Waals surface area contributed by atoms with Gasteiger partial charge in [-0.2, -0.15) is 0 Å². The van der Waals surface area contributed by atoms with Crippen LogP contribution in [0, 0.1) is 0 Å². The summed E-state index contributed by atoms with van der Waals surface area (Å²) in [5, 5.41) is 10.3. The van der Waals surface area contributed by atoms with Crippen molar-refractivity contribution in [3.8, 4) is 23.0 Å². The molecule has 9 nitrogen and oxygen atoms in total. The molecule has 0 fully saturated rings. The number of carbonyl (C=O) groups is 1. The first kappa shape index (κ1) is 18.9. The van der Waals surface area contributed by atoms with E-state index in [0.29, 0.717) is 35.8 Å². The first-order chi connectivity index (χ1) is 13.9. The Bertz CT molecular complexity index is 1150. The van der Waals surface area contributed by atoms with Crippen LogP contribution < -0.4 is 14.8 Å². The summed E-state index contributed by atoms with van der Waals surface area (Å²) in [4.78, 5) is 12.4. The Morgan fingerprint density at radius 3 is 2.48 bits per heavy atom. The van der Waals surface area contributed by atoms with Crippen LogP contribution >= 0.6 is 0 Å². The molecular weight excluding hydrogens is 398 g/mol. The lowest BCUT2D eigenvalue weighted by Gasteiger charge is -2.18. The molecule has 3 aromatic rings. The lowest BCUT2D eigenvalue weighted by molar-refractivity contribution is -0.115. The van der Waals surface area contributed by atoms with Gasteiger partial charge in [-0.25, -0.2) is 8.42 Å². The number of anilines is 1. The number of benzene rings is 2. The number of nitrogens with one attached hydrogen (secondary N) is 1. The molecule has 1 amide bonds. The Kier molecular flexibility index (Phi) is 4.93. The molecule has 29 heavy (non-hydrogen) atoms. The zero-order valence-corrected chi connectivity index (χ0v) is 16.2. The fourth-order valence-electron chi connectivity index (χ4n) is 2.77. The van der Waals surface area contributed by atoms with Crippen molar-refractivity contribution in [2.24, 2.45) is 0 Å². The third kappa shape index (κ3) is 4.37. The lowest BCUT2D eigenvalue weighted by Crippen LogP contribution is -2.15. The molecule has 150 valence electrons. The average Bonchev–Trinajstić information content (AvgIpc) is 3.15. The van der Waals surface area contributed by atoms with Gasteiger partial charge in [0.2, 0.25) is 11.8 Å². The summed E-state index contributed by atoms with van der Waals surface area (Å²) >= 11 is 0. The summed E-state index contributed by atoms with van der Waals surface area (Å²) in [6.07, 6.45) is 1.16. The van der Waals surface area contributed by atoms with Crippen LogP contribution in [0.25, 0.3) is 11.5 Å². The minimum absolute atomic E-state index is 0.0335. The number of amides is 1. The minimum atomic E-state index is -3.28. The average molecular weight is 415 g/mol. The normalized spacial score (nSPS) is 13.1. The number of ether oxygens (including phenoxy) is 2. The molecule has 1 aliphatic rings. The first-order valence-electron chi connectivity index (χ1n) is 8.71. The van der Waals surface area contributed by atoms with E-state index in [-0.39, 0.29) is 29.1 Å². The minimum Gasteiger partial charge on any atom is -0.486 e. The molecule has 2 aromatic carbocycles. The van der Waals surface area contributed by atoms with Gasteiger partial charge in [-0.1, -0.05) is 17.2 Å². The fourth-order valence-corrected chi connectivity index (χ4v) is 3.40. The highest BCUT2D eigenvalue weighted by atomic mass is 32.2. The molecule has 0 saturated heterocycles. The monoisotopic (exact) mass is 415 g/mol. The molecule has 1 N–H and O–H groups in total. The Morgan fingerprint density at radius 1 is 1.03 bits per heavy atom. The van der Waals surface area contributed by atoms with Gasteiger partial charge < -0.3 is 13.9 Å². The second-order valence-corrected chi connectivity index (χ2v) is 8.43. The third-order valence-electron chi connectivity index (χ3n) is 4.18. The van der Waals surface area contributed by atoms with Crippen LogP contribution in [0.15, 0.2) is 51.8 Å². The second-order valence-electron chi connectivity index (χ2n) is 6.41. The zero-order valence-electron chi connectivity index (χ0n) is 15.4. The number of aromatic nitrogens is 2. The number of nitrogens with zero attached hydrogens (tertiary/aromatic N) is 2. The summed E-state index contributed by atoms with van der Waals surface area (Å²) in [5.74, 6) is 1.11. The van der Waals surface area contributed by atoms with E-state index in [4.69, 9.17) is 13.9 Å². The number of hydrogen-bond acceptors (Lipinski definition) is 8. The van der Waals surface area contributed by atoms with Crippen molar-refractivity contribution in [1.82, 2.24) is 10.2 Å². The maximum absolute atomic E-state index is 12.2. The van der Waals surface area contributed by atoms with Gasteiger partial charge in [-0.05, 0) is 35.9 Å². The Labute approximate surface area is 166 Å². The van der Waals surface area contributed by atoms with E-state index >= 15 is 0 Å². The number of hydrogen-bond donors (Lipinski definition) is 1. The van der Waals surface area contributed by atoms with Crippen LogP contribution in [0.5, 0.6) is 11.5 Å². The smallest absolute Gasteiger partial charge is 0.322 e. The van der Waals surface area contributed by atoms with Crippen molar-refractivity contribution in [2.45, 2.75) is 11.3 Å². The Morgan fingerprint density at radius 2 is 1.76 bits per heavy atom. The van der Waals surface area contributed by atoms with Crippen molar-refractivity contribution in [1.29, 1.82) is 0 Å². The number of fused-ring (bicyclic) bond motifs is 1. The molecule has 4 rings (SSSR count). The van der Waals surface area contributed by atoms with E-state index in [2.05, 4.69) is 15.5 Å². The van der Waals surface area contributed by atoms with E-state index < -0.39 is 9.84 Å². The van der Waals surface area contributed by atoms with E-state index in [1.165, 1.54) is 12.1 Å². The summed E-state index contributed by atoms with van der Waals surface area (Å²) in [7, 11) is -3.28.